The Balaban J connectivity index is 1.69. The van der Waals surface area contributed by atoms with E-state index >= 15 is 0 Å². The van der Waals surface area contributed by atoms with Crippen LogP contribution < -0.4 is 10.6 Å². The molecule has 0 atom stereocenters. The summed E-state index contributed by atoms with van der Waals surface area (Å²) in [4.78, 5) is 24.3. The highest BCUT2D eigenvalue weighted by Gasteiger charge is 2.09. The van der Waals surface area contributed by atoms with Crippen LogP contribution in [0.4, 0.5) is 20.2 Å². The van der Waals surface area contributed by atoms with Crippen LogP contribution in [0, 0.1) is 11.6 Å². The molecule has 0 saturated heterocycles. The van der Waals surface area contributed by atoms with Gasteiger partial charge in [0.2, 0.25) is 0 Å². The smallest absolute Gasteiger partial charge is 0.255 e. The summed E-state index contributed by atoms with van der Waals surface area (Å²) >= 11 is 0. The summed E-state index contributed by atoms with van der Waals surface area (Å²) in [5.74, 6) is -1.64. The molecule has 0 spiro atoms. The van der Waals surface area contributed by atoms with Crippen molar-refractivity contribution in [1.29, 1.82) is 0 Å². The number of carbonyl (C=O) groups excluding carboxylic acids is 2. The van der Waals surface area contributed by atoms with Gasteiger partial charge < -0.3 is 10.6 Å². The number of hydrogen-bond donors (Lipinski definition) is 2. The van der Waals surface area contributed by atoms with Crippen molar-refractivity contribution in [1.82, 2.24) is 0 Å². The Morgan fingerprint density at radius 3 is 1.38 bits per heavy atom. The lowest BCUT2D eigenvalue weighted by atomic mass is 10.2. The van der Waals surface area contributed by atoms with E-state index in [1.54, 1.807) is 24.3 Å². The van der Waals surface area contributed by atoms with Crippen LogP contribution in [-0.4, -0.2) is 11.8 Å². The van der Waals surface area contributed by atoms with Crippen LogP contribution >= 0.6 is 0 Å². The second-order valence-corrected chi connectivity index (χ2v) is 5.50. The summed E-state index contributed by atoms with van der Waals surface area (Å²) in [6.45, 7) is 0. The van der Waals surface area contributed by atoms with Gasteiger partial charge in [0.05, 0.1) is 0 Å². The third kappa shape index (κ3) is 4.30. The summed E-state index contributed by atoms with van der Waals surface area (Å²) in [6.07, 6.45) is 0. The zero-order chi connectivity index (χ0) is 18.5. The van der Waals surface area contributed by atoms with Gasteiger partial charge in [-0.1, -0.05) is 6.07 Å². The number of anilines is 2. The fourth-order valence-corrected chi connectivity index (χ4v) is 2.28. The summed E-state index contributed by atoms with van der Waals surface area (Å²) in [5.41, 5.74) is 1.56. The molecule has 0 unspecified atom stereocenters. The van der Waals surface area contributed by atoms with Crippen molar-refractivity contribution in [2.24, 2.45) is 0 Å². The Kier molecular flexibility index (Phi) is 5.03. The van der Waals surface area contributed by atoms with Gasteiger partial charge in [0, 0.05) is 22.5 Å². The van der Waals surface area contributed by atoms with Crippen molar-refractivity contribution in [3.63, 3.8) is 0 Å². The minimum Gasteiger partial charge on any atom is -0.322 e. The van der Waals surface area contributed by atoms with Gasteiger partial charge in [0.1, 0.15) is 11.6 Å². The highest BCUT2D eigenvalue weighted by Crippen LogP contribution is 2.17. The minimum atomic E-state index is -0.424. The second kappa shape index (κ2) is 7.57. The molecule has 0 radical (unpaired) electrons. The summed E-state index contributed by atoms with van der Waals surface area (Å²) in [5, 5.41) is 5.35. The fraction of sp³-hybridized carbons (Fsp3) is 0. The van der Waals surface area contributed by atoms with Gasteiger partial charge in [0.25, 0.3) is 11.8 Å². The minimum absolute atomic E-state index is 0.312. The monoisotopic (exact) mass is 352 g/mol. The first kappa shape index (κ1) is 17.3. The van der Waals surface area contributed by atoms with E-state index in [1.807, 2.05) is 0 Å². The molecule has 0 saturated carbocycles. The van der Waals surface area contributed by atoms with Gasteiger partial charge in [-0.2, -0.15) is 0 Å². The Morgan fingerprint density at radius 2 is 1.00 bits per heavy atom. The Hall–Kier alpha value is -3.54. The standard InChI is InChI=1S/C20H14F2N2O2/c21-15-8-4-13(5-9-15)19(25)23-17-2-1-3-18(12-17)24-20(26)14-6-10-16(22)11-7-14/h1-12H,(H,23,25)(H,24,26). The predicted octanol–water partition coefficient (Wildman–Crippen LogP) is 4.47. The molecule has 0 aliphatic heterocycles. The van der Waals surface area contributed by atoms with Gasteiger partial charge in [-0.3, -0.25) is 9.59 Å². The molecule has 4 nitrogen and oxygen atoms in total. The molecular weight excluding hydrogens is 338 g/mol. The Labute approximate surface area is 148 Å². The van der Waals surface area contributed by atoms with E-state index in [9.17, 15) is 18.4 Å². The van der Waals surface area contributed by atoms with Crippen molar-refractivity contribution < 1.29 is 18.4 Å². The lowest BCUT2D eigenvalue weighted by molar-refractivity contribution is 0.101. The third-order valence-electron chi connectivity index (χ3n) is 3.59. The van der Waals surface area contributed by atoms with E-state index in [-0.39, 0.29) is 0 Å². The maximum atomic E-state index is 12.9. The van der Waals surface area contributed by atoms with E-state index in [0.29, 0.717) is 22.5 Å². The zero-order valence-corrected chi connectivity index (χ0v) is 13.5. The molecule has 0 aromatic heterocycles. The normalized spacial score (nSPS) is 10.2. The van der Waals surface area contributed by atoms with Crippen molar-refractivity contribution >= 4 is 23.2 Å². The topological polar surface area (TPSA) is 58.2 Å². The number of amides is 2. The number of carbonyl (C=O) groups is 2. The van der Waals surface area contributed by atoms with Crippen LogP contribution in [0.1, 0.15) is 20.7 Å². The molecule has 6 heteroatoms. The van der Waals surface area contributed by atoms with Crippen LogP contribution in [0.15, 0.2) is 72.8 Å². The van der Waals surface area contributed by atoms with E-state index in [2.05, 4.69) is 10.6 Å². The SMILES string of the molecule is O=C(Nc1cccc(NC(=O)c2ccc(F)cc2)c1)c1ccc(F)cc1. The van der Waals surface area contributed by atoms with E-state index in [1.165, 1.54) is 48.5 Å². The molecular formula is C20H14F2N2O2. The quantitative estimate of drug-likeness (QED) is 0.728. The van der Waals surface area contributed by atoms with Crippen molar-refractivity contribution in [3.05, 3.63) is 95.6 Å². The van der Waals surface area contributed by atoms with Crippen LogP contribution in [0.25, 0.3) is 0 Å². The van der Waals surface area contributed by atoms with Crippen LogP contribution in [0.2, 0.25) is 0 Å². The molecule has 26 heavy (non-hydrogen) atoms. The first-order chi connectivity index (χ1) is 12.5. The molecule has 0 aliphatic rings. The van der Waals surface area contributed by atoms with Crippen molar-refractivity contribution in [3.8, 4) is 0 Å². The maximum Gasteiger partial charge on any atom is 0.255 e. The summed E-state index contributed by atoms with van der Waals surface area (Å²) < 4.78 is 25.8. The number of rotatable bonds is 4. The van der Waals surface area contributed by atoms with E-state index in [4.69, 9.17) is 0 Å². The molecule has 3 aromatic rings. The van der Waals surface area contributed by atoms with Gasteiger partial charge in [-0.15, -0.1) is 0 Å². The lowest BCUT2D eigenvalue weighted by Crippen LogP contribution is -2.14. The number of nitrogens with one attached hydrogen (secondary N) is 2. The second-order valence-electron chi connectivity index (χ2n) is 5.50. The van der Waals surface area contributed by atoms with E-state index < -0.39 is 23.4 Å². The van der Waals surface area contributed by atoms with Crippen LogP contribution in [-0.2, 0) is 0 Å². The highest BCUT2D eigenvalue weighted by atomic mass is 19.1. The average molecular weight is 352 g/mol. The Morgan fingerprint density at radius 1 is 0.615 bits per heavy atom. The molecule has 0 heterocycles. The lowest BCUT2D eigenvalue weighted by Gasteiger charge is -2.09. The predicted molar refractivity (Wildman–Crippen MR) is 95.1 cm³/mol. The van der Waals surface area contributed by atoms with E-state index in [0.717, 1.165) is 0 Å². The molecule has 0 fully saturated rings. The Bertz CT molecular complexity index is 864. The van der Waals surface area contributed by atoms with Gasteiger partial charge in [-0.05, 0) is 66.7 Å². The highest BCUT2D eigenvalue weighted by molar-refractivity contribution is 6.06. The molecule has 130 valence electrons. The largest absolute Gasteiger partial charge is 0.322 e. The van der Waals surface area contributed by atoms with Crippen LogP contribution in [0.3, 0.4) is 0 Å². The maximum absolute atomic E-state index is 12.9. The first-order valence-electron chi connectivity index (χ1n) is 7.75. The fourth-order valence-electron chi connectivity index (χ4n) is 2.28. The molecule has 3 aromatic carbocycles. The van der Waals surface area contributed by atoms with Crippen molar-refractivity contribution in [2.75, 3.05) is 10.6 Å². The number of benzene rings is 3. The van der Waals surface area contributed by atoms with Gasteiger partial charge in [0.15, 0.2) is 0 Å². The van der Waals surface area contributed by atoms with Gasteiger partial charge >= 0.3 is 0 Å². The van der Waals surface area contributed by atoms with Gasteiger partial charge in [-0.25, -0.2) is 8.78 Å². The molecule has 2 N–H and O–H groups in total. The molecule has 0 bridgehead atoms. The average Bonchev–Trinajstić information content (AvgIpc) is 2.63. The third-order valence-corrected chi connectivity index (χ3v) is 3.59. The van der Waals surface area contributed by atoms with Crippen LogP contribution in [0.5, 0.6) is 0 Å². The number of hydrogen-bond acceptors (Lipinski definition) is 2. The zero-order valence-electron chi connectivity index (χ0n) is 13.5. The first-order valence-corrected chi connectivity index (χ1v) is 7.75. The molecule has 0 aliphatic carbocycles. The number of halogens is 2. The summed E-state index contributed by atoms with van der Waals surface area (Å²) in [7, 11) is 0. The molecule has 2 amide bonds. The van der Waals surface area contributed by atoms with Crippen molar-refractivity contribution in [2.45, 2.75) is 0 Å². The summed E-state index contributed by atoms with van der Waals surface area (Å²) in [6, 6.07) is 16.9. The molecule has 3 rings (SSSR count).